The molecule has 0 aliphatic carbocycles. The van der Waals surface area contributed by atoms with Crippen molar-refractivity contribution in [2.24, 2.45) is 0 Å². The summed E-state index contributed by atoms with van der Waals surface area (Å²) >= 11 is 6.08. The van der Waals surface area contributed by atoms with Crippen molar-refractivity contribution in [2.75, 3.05) is 26.2 Å². The van der Waals surface area contributed by atoms with E-state index in [1.165, 1.54) is 29.2 Å². The van der Waals surface area contributed by atoms with E-state index in [1.54, 1.807) is 24.3 Å². The highest BCUT2D eigenvalue weighted by Gasteiger charge is 2.45. The lowest BCUT2D eigenvalue weighted by molar-refractivity contribution is -0.384. The Morgan fingerprint density at radius 3 is 2.24 bits per heavy atom. The number of likely N-dealkylation sites (tertiary alicyclic amines) is 1. The number of carbonyl (C=O) groups is 2. The summed E-state index contributed by atoms with van der Waals surface area (Å²) in [6.45, 7) is 7.42. The Kier molecular flexibility index (Phi) is 10.2. The number of unbranched alkanes of at least 4 members (excludes halogenated alkanes) is 2. The Balaban J connectivity index is 1.95. The van der Waals surface area contributed by atoms with E-state index >= 15 is 0 Å². The van der Waals surface area contributed by atoms with Gasteiger partial charge in [-0.3, -0.25) is 19.7 Å². The van der Waals surface area contributed by atoms with Gasteiger partial charge in [0, 0.05) is 29.3 Å². The van der Waals surface area contributed by atoms with Gasteiger partial charge in [0.05, 0.1) is 16.5 Å². The smallest absolute Gasteiger partial charge is 0.295 e. The van der Waals surface area contributed by atoms with Crippen LogP contribution in [0.2, 0.25) is 5.02 Å². The van der Waals surface area contributed by atoms with Gasteiger partial charge in [-0.25, -0.2) is 0 Å². The van der Waals surface area contributed by atoms with Crippen LogP contribution in [0.25, 0.3) is 5.76 Å². The Hall–Kier alpha value is -3.23. The quantitative estimate of drug-likeness (QED) is 0.113. The van der Waals surface area contributed by atoms with E-state index in [9.17, 15) is 24.8 Å². The maximum atomic E-state index is 13.2. The summed E-state index contributed by atoms with van der Waals surface area (Å²) in [6.07, 6.45) is 5.07. The van der Waals surface area contributed by atoms with Gasteiger partial charge in [0.2, 0.25) is 0 Å². The van der Waals surface area contributed by atoms with Crippen LogP contribution in [0.4, 0.5) is 5.69 Å². The van der Waals surface area contributed by atoms with Gasteiger partial charge in [-0.2, -0.15) is 0 Å². The Morgan fingerprint density at radius 1 is 1.03 bits per heavy atom. The molecular weight excluding hydrogens is 494 g/mol. The number of rotatable bonds is 13. The molecule has 8 nitrogen and oxygen atoms in total. The van der Waals surface area contributed by atoms with Crippen LogP contribution in [-0.2, 0) is 9.59 Å². The van der Waals surface area contributed by atoms with Crippen LogP contribution in [0.5, 0.6) is 0 Å². The molecular formula is C28H34ClN3O5. The minimum atomic E-state index is -0.823. The van der Waals surface area contributed by atoms with Crippen LogP contribution in [0.1, 0.15) is 63.1 Å². The van der Waals surface area contributed by atoms with E-state index in [2.05, 4.69) is 18.7 Å². The third-order valence-electron chi connectivity index (χ3n) is 6.59. The zero-order chi connectivity index (χ0) is 26.9. The number of ketones is 1. The molecule has 198 valence electrons. The highest BCUT2D eigenvalue weighted by Crippen LogP contribution is 2.40. The van der Waals surface area contributed by atoms with Crippen molar-refractivity contribution in [3.8, 4) is 0 Å². The summed E-state index contributed by atoms with van der Waals surface area (Å²) in [7, 11) is 0. The third kappa shape index (κ3) is 6.96. The lowest BCUT2D eigenvalue weighted by Crippen LogP contribution is -2.34. The molecule has 1 aliphatic rings. The van der Waals surface area contributed by atoms with E-state index in [0.717, 1.165) is 45.3 Å². The Bertz CT molecular complexity index is 1140. The molecule has 1 saturated heterocycles. The van der Waals surface area contributed by atoms with Crippen LogP contribution in [0.15, 0.2) is 54.1 Å². The SMILES string of the molecule is CCCCN(CCCC)CCCN1C(=O)C(=O)C(=C(O)c2cccc([N+](=O)[O-])c2)[C@@H]1c1ccc(Cl)cc1. The first-order valence-corrected chi connectivity index (χ1v) is 13.2. The number of carbonyl (C=O) groups excluding carboxylic acids is 2. The van der Waals surface area contributed by atoms with Crippen molar-refractivity contribution >= 4 is 34.7 Å². The van der Waals surface area contributed by atoms with E-state index < -0.39 is 28.4 Å². The molecule has 1 N–H and O–H groups in total. The number of hydrogen-bond acceptors (Lipinski definition) is 6. The van der Waals surface area contributed by atoms with Crippen LogP contribution in [0.3, 0.4) is 0 Å². The van der Waals surface area contributed by atoms with Gasteiger partial charge >= 0.3 is 0 Å². The number of nitrogens with zero attached hydrogens (tertiary/aromatic N) is 3. The van der Waals surface area contributed by atoms with Gasteiger partial charge in [-0.15, -0.1) is 0 Å². The number of amides is 1. The number of hydrogen-bond donors (Lipinski definition) is 1. The summed E-state index contributed by atoms with van der Waals surface area (Å²) in [5.74, 6) is -1.93. The van der Waals surface area contributed by atoms with Crippen molar-refractivity contribution in [1.29, 1.82) is 0 Å². The molecule has 9 heteroatoms. The van der Waals surface area contributed by atoms with Gasteiger partial charge < -0.3 is 14.9 Å². The average molecular weight is 528 g/mol. The van der Waals surface area contributed by atoms with Crippen molar-refractivity contribution in [3.63, 3.8) is 0 Å². The van der Waals surface area contributed by atoms with Crippen LogP contribution in [-0.4, -0.2) is 57.7 Å². The molecule has 37 heavy (non-hydrogen) atoms. The summed E-state index contributed by atoms with van der Waals surface area (Å²) in [5.41, 5.74) is 0.433. The molecule has 0 aromatic heterocycles. The molecule has 3 rings (SSSR count). The lowest BCUT2D eigenvalue weighted by atomic mass is 9.95. The zero-order valence-corrected chi connectivity index (χ0v) is 22.1. The fourth-order valence-electron chi connectivity index (χ4n) is 4.59. The number of aliphatic hydroxyl groups excluding tert-OH is 1. The summed E-state index contributed by atoms with van der Waals surface area (Å²) in [6, 6.07) is 11.4. The standard InChI is InChI=1S/C28H34ClN3O5/c1-3-5-15-30(16-6-4-2)17-8-18-31-25(20-11-13-22(29)14-12-20)24(27(34)28(31)35)26(33)21-9-7-10-23(19-21)32(36)37/h7,9-14,19,25,33H,3-6,8,15-18H2,1-2H3/t25-/m0/s1. The predicted molar refractivity (Wildman–Crippen MR) is 144 cm³/mol. The lowest BCUT2D eigenvalue weighted by Gasteiger charge is -2.27. The maximum absolute atomic E-state index is 13.2. The second kappa shape index (κ2) is 13.4. The molecule has 0 radical (unpaired) electrons. The van der Waals surface area contributed by atoms with Gasteiger partial charge in [-0.05, 0) is 56.6 Å². The van der Waals surface area contributed by atoms with Gasteiger partial charge in [0.15, 0.2) is 0 Å². The molecule has 1 fully saturated rings. The van der Waals surface area contributed by atoms with Crippen molar-refractivity contribution in [2.45, 2.75) is 52.0 Å². The van der Waals surface area contributed by atoms with Crippen LogP contribution < -0.4 is 0 Å². The molecule has 0 unspecified atom stereocenters. The largest absolute Gasteiger partial charge is 0.507 e. The van der Waals surface area contributed by atoms with E-state index in [-0.39, 0.29) is 16.8 Å². The van der Waals surface area contributed by atoms with E-state index in [0.29, 0.717) is 23.6 Å². The minimum Gasteiger partial charge on any atom is -0.507 e. The predicted octanol–water partition coefficient (Wildman–Crippen LogP) is 5.96. The third-order valence-corrected chi connectivity index (χ3v) is 6.84. The molecule has 0 saturated carbocycles. The Morgan fingerprint density at radius 2 is 1.65 bits per heavy atom. The molecule has 1 atom stereocenters. The van der Waals surface area contributed by atoms with Gasteiger partial charge in [-0.1, -0.05) is 62.6 Å². The number of aliphatic hydroxyl groups is 1. The summed E-state index contributed by atoms with van der Waals surface area (Å²) in [4.78, 5) is 40.9. The molecule has 1 heterocycles. The summed E-state index contributed by atoms with van der Waals surface area (Å²) < 4.78 is 0. The highest BCUT2D eigenvalue weighted by atomic mass is 35.5. The molecule has 1 amide bonds. The zero-order valence-electron chi connectivity index (χ0n) is 21.4. The number of nitro benzene ring substituents is 1. The average Bonchev–Trinajstić information content (AvgIpc) is 3.15. The number of halogens is 1. The molecule has 2 aromatic rings. The van der Waals surface area contributed by atoms with Crippen molar-refractivity contribution in [1.82, 2.24) is 9.80 Å². The first-order valence-electron chi connectivity index (χ1n) is 12.8. The molecule has 2 aromatic carbocycles. The van der Waals surface area contributed by atoms with E-state index in [1.807, 2.05) is 0 Å². The molecule has 0 bridgehead atoms. The normalized spacial score (nSPS) is 17.1. The molecule has 1 aliphatic heterocycles. The maximum Gasteiger partial charge on any atom is 0.295 e. The van der Waals surface area contributed by atoms with Crippen LogP contribution in [0, 0.1) is 10.1 Å². The number of Topliss-reactive ketones (excluding diaryl/α,β-unsaturated/α-hetero) is 1. The van der Waals surface area contributed by atoms with Crippen LogP contribution >= 0.6 is 11.6 Å². The monoisotopic (exact) mass is 527 g/mol. The van der Waals surface area contributed by atoms with E-state index in [4.69, 9.17) is 11.6 Å². The van der Waals surface area contributed by atoms with Crippen molar-refractivity contribution in [3.05, 3.63) is 80.4 Å². The second-order valence-corrected chi connectivity index (χ2v) is 9.69. The first kappa shape index (κ1) is 28.3. The fourth-order valence-corrected chi connectivity index (χ4v) is 4.71. The highest BCUT2D eigenvalue weighted by molar-refractivity contribution is 6.46. The minimum absolute atomic E-state index is 0.0818. The molecule has 0 spiro atoms. The second-order valence-electron chi connectivity index (χ2n) is 9.25. The summed E-state index contributed by atoms with van der Waals surface area (Å²) in [5, 5.41) is 22.9. The number of non-ortho nitro benzene ring substituents is 1. The van der Waals surface area contributed by atoms with Gasteiger partial charge in [0.25, 0.3) is 17.4 Å². The number of nitro groups is 1. The van der Waals surface area contributed by atoms with Gasteiger partial charge in [0.1, 0.15) is 5.76 Å². The Labute approximate surface area is 222 Å². The number of benzene rings is 2. The first-order chi connectivity index (χ1) is 17.8. The van der Waals surface area contributed by atoms with Crippen molar-refractivity contribution < 1.29 is 19.6 Å². The topological polar surface area (TPSA) is 104 Å². The fraction of sp³-hybridized carbons (Fsp3) is 0.429.